The molecular weight excluding hydrogens is 206 g/mol. The van der Waals surface area contributed by atoms with Gasteiger partial charge in [-0.2, -0.15) is 0 Å². The first-order valence-corrected chi connectivity index (χ1v) is 6.90. The van der Waals surface area contributed by atoms with Crippen molar-refractivity contribution in [2.75, 3.05) is 13.1 Å². The standard InChI is InChI=1S/C16H27N/c1-5-11-17(12-10-14(2)3)13-16-9-7-6-8-15(16)4/h6-9,14H,5,10-13H2,1-4H3. The zero-order valence-electron chi connectivity index (χ0n) is 11.9. The molecule has 1 nitrogen and oxygen atoms in total. The fourth-order valence-electron chi connectivity index (χ4n) is 2.06. The van der Waals surface area contributed by atoms with E-state index in [2.05, 4.69) is 56.9 Å². The van der Waals surface area contributed by atoms with Crippen LogP contribution in [0, 0.1) is 12.8 Å². The molecule has 0 fully saturated rings. The molecule has 0 radical (unpaired) electrons. The molecule has 0 unspecified atom stereocenters. The SMILES string of the molecule is CCCN(CCC(C)C)Cc1ccccc1C. The van der Waals surface area contributed by atoms with Crippen molar-refractivity contribution in [1.82, 2.24) is 4.90 Å². The molecule has 96 valence electrons. The van der Waals surface area contributed by atoms with Gasteiger partial charge < -0.3 is 0 Å². The van der Waals surface area contributed by atoms with E-state index in [-0.39, 0.29) is 0 Å². The van der Waals surface area contributed by atoms with Crippen LogP contribution in [-0.4, -0.2) is 18.0 Å². The summed E-state index contributed by atoms with van der Waals surface area (Å²) in [4.78, 5) is 2.59. The Balaban J connectivity index is 2.56. The second-order valence-electron chi connectivity index (χ2n) is 5.39. The molecule has 1 rings (SSSR count). The van der Waals surface area contributed by atoms with Gasteiger partial charge in [-0.25, -0.2) is 0 Å². The Morgan fingerprint density at radius 3 is 2.41 bits per heavy atom. The van der Waals surface area contributed by atoms with Crippen LogP contribution >= 0.6 is 0 Å². The molecule has 0 atom stereocenters. The minimum Gasteiger partial charge on any atom is -0.299 e. The summed E-state index contributed by atoms with van der Waals surface area (Å²) in [6, 6.07) is 8.74. The maximum atomic E-state index is 2.59. The van der Waals surface area contributed by atoms with Crippen LogP contribution in [-0.2, 0) is 6.54 Å². The van der Waals surface area contributed by atoms with Crippen molar-refractivity contribution >= 4 is 0 Å². The summed E-state index contributed by atoms with van der Waals surface area (Å²) in [5.41, 5.74) is 2.89. The highest BCUT2D eigenvalue weighted by atomic mass is 15.1. The van der Waals surface area contributed by atoms with E-state index in [0.29, 0.717) is 0 Å². The first-order valence-electron chi connectivity index (χ1n) is 6.90. The molecule has 0 aliphatic rings. The average Bonchev–Trinajstić information content (AvgIpc) is 2.29. The lowest BCUT2D eigenvalue weighted by Crippen LogP contribution is -2.26. The fraction of sp³-hybridized carbons (Fsp3) is 0.625. The van der Waals surface area contributed by atoms with Gasteiger partial charge in [-0.1, -0.05) is 45.0 Å². The summed E-state index contributed by atoms with van der Waals surface area (Å²) in [7, 11) is 0. The first-order chi connectivity index (χ1) is 8.13. The van der Waals surface area contributed by atoms with Gasteiger partial charge in [0.2, 0.25) is 0 Å². The summed E-state index contributed by atoms with van der Waals surface area (Å²) in [5, 5.41) is 0. The summed E-state index contributed by atoms with van der Waals surface area (Å²) in [5.74, 6) is 0.797. The van der Waals surface area contributed by atoms with Crippen LogP contribution < -0.4 is 0 Å². The molecule has 1 aromatic rings. The van der Waals surface area contributed by atoms with E-state index in [1.807, 2.05) is 0 Å². The highest BCUT2D eigenvalue weighted by molar-refractivity contribution is 5.25. The van der Waals surface area contributed by atoms with Crippen molar-refractivity contribution in [3.8, 4) is 0 Å². The Morgan fingerprint density at radius 1 is 1.12 bits per heavy atom. The number of aryl methyl sites for hydroxylation is 1. The van der Waals surface area contributed by atoms with Gasteiger partial charge in [0.05, 0.1) is 0 Å². The van der Waals surface area contributed by atoms with E-state index in [4.69, 9.17) is 0 Å². The molecule has 0 N–H and O–H groups in total. The largest absolute Gasteiger partial charge is 0.299 e. The third-order valence-corrected chi connectivity index (χ3v) is 3.22. The summed E-state index contributed by atoms with van der Waals surface area (Å²) in [6.07, 6.45) is 2.54. The minimum atomic E-state index is 0.797. The lowest BCUT2D eigenvalue weighted by molar-refractivity contribution is 0.249. The van der Waals surface area contributed by atoms with Crippen molar-refractivity contribution in [3.05, 3.63) is 35.4 Å². The summed E-state index contributed by atoms with van der Waals surface area (Å²) >= 11 is 0. The molecule has 0 saturated heterocycles. The number of rotatable bonds is 7. The number of hydrogen-bond acceptors (Lipinski definition) is 1. The predicted molar refractivity (Wildman–Crippen MR) is 76.2 cm³/mol. The Hall–Kier alpha value is -0.820. The Morgan fingerprint density at radius 2 is 1.82 bits per heavy atom. The molecule has 0 heterocycles. The summed E-state index contributed by atoms with van der Waals surface area (Å²) < 4.78 is 0. The van der Waals surface area contributed by atoms with Crippen LogP contribution in [0.3, 0.4) is 0 Å². The Bertz CT molecular complexity index is 317. The quantitative estimate of drug-likeness (QED) is 0.680. The maximum absolute atomic E-state index is 2.59. The molecule has 1 aromatic carbocycles. The van der Waals surface area contributed by atoms with E-state index in [1.165, 1.54) is 37.1 Å². The number of hydrogen-bond donors (Lipinski definition) is 0. The van der Waals surface area contributed by atoms with Gasteiger partial charge in [-0.3, -0.25) is 4.90 Å². The van der Waals surface area contributed by atoms with Crippen molar-refractivity contribution in [2.24, 2.45) is 5.92 Å². The van der Waals surface area contributed by atoms with Gasteiger partial charge in [0.15, 0.2) is 0 Å². The van der Waals surface area contributed by atoms with E-state index >= 15 is 0 Å². The lowest BCUT2D eigenvalue weighted by atomic mass is 10.1. The summed E-state index contributed by atoms with van der Waals surface area (Å²) in [6.45, 7) is 12.6. The van der Waals surface area contributed by atoms with E-state index in [0.717, 1.165) is 12.5 Å². The Labute approximate surface area is 107 Å². The monoisotopic (exact) mass is 233 g/mol. The van der Waals surface area contributed by atoms with Crippen LogP contribution in [0.5, 0.6) is 0 Å². The average molecular weight is 233 g/mol. The zero-order chi connectivity index (χ0) is 12.7. The first kappa shape index (κ1) is 14.2. The second kappa shape index (κ2) is 7.50. The third-order valence-electron chi connectivity index (χ3n) is 3.22. The highest BCUT2D eigenvalue weighted by Gasteiger charge is 2.07. The molecule has 0 bridgehead atoms. The topological polar surface area (TPSA) is 3.24 Å². The molecule has 17 heavy (non-hydrogen) atoms. The zero-order valence-corrected chi connectivity index (χ0v) is 11.9. The van der Waals surface area contributed by atoms with Crippen LogP contribution in [0.15, 0.2) is 24.3 Å². The van der Waals surface area contributed by atoms with Gasteiger partial charge in [-0.05, 0) is 49.9 Å². The smallest absolute Gasteiger partial charge is 0.0236 e. The number of benzene rings is 1. The molecule has 0 aromatic heterocycles. The van der Waals surface area contributed by atoms with Crippen molar-refractivity contribution in [3.63, 3.8) is 0 Å². The molecule has 1 heteroatoms. The molecule has 0 saturated carbocycles. The van der Waals surface area contributed by atoms with Crippen LogP contribution in [0.2, 0.25) is 0 Å². The van der Waals surface area contributed by atoms with E-state index < -0.39 is 0 Å². The predicted octanol–water partition coefficient (Wildman–Crippen LogP) is 4.25. The molecule has 0 spiro atoms. The third kappa shape index (κ3) is 5.36. The van der Waals surface area contributed by atoms with Gasteiger partial charge >= 0.3 is 0 Å². The molecular formula is C16H27N. The molecule has 0 aliphatic heterocycles. The van der Waals surface area contributed by atoms with Crippen molar-refractivity contribution in [2.45, 2.75) is 47.1 Å². The maximum Gasteiger partial charge on any atom is 0.0236 e. The highest BCUT2D eigenvalue weighted by Crippen LogP contribution is 2.12. The number of nitrogens with zero attached hydrogens (tertiary/aromatic N) is 1. The Kier molecular flexibility index (Phi) is 6.28. The molecule has 0 aliphatic carbocycles. The van der Waals surface area contributed by atoms with Gasteiger partial charge in [0.25, 0.3) is 0 Å². The lowest BCUT2D eigenvalue weighted by Gasteiger charge is -2.23. The van der Waals surface area contributed by atoms with Crippen molar-refractivity contribution < 1.29 is 0 Å². The molecule has 0 amide bonds. The van der Waals surface area contributed by atoms with Crippen LogP contribution in [0.4, 0.5) is 0 Å². The minimum absolute atomic E-state index is 0.797. The van der Waals surface area contributed by atoms with Crippen LogP contribution in [0.1, 0.15) is 44.7 Å². The van der Waals surface area contributed by atoms with Gasteiger partial charge in [-0.15, -0.1) is 0 Å². The normalized spacial score (nSPS) is 11.4. The van der Waals surface area contributed by atoms with Crippen molar-refractivity contribution in [1.29, 1.82) is 0 Å². The van der Waals surface area contributed by atoms with E-state index in [1.54, 1.807) is 0 Å². The van der Waals surface area contributed by atoms with Gasteiger partial charge in [0, 0.05) is 6.54 Å². The van der Waals surface area contributed by atoms with Gasteiger partial charge in [0.1, 0.15) is 0 Å². The fourth-order valence-corrected chi connectivity index (χ4v) is 2.06. The second-order valence-corrected chi connectivity index (χ2v) is 5.39. The van der Waals surface area contributed by atoms with E-state index in [9.17, 15) is 0 Å². The van der Waals surface area contributed by atoms with Crippen LogP contribution in [0.25, 0.3) is 0 Å².